The van der Waals surface area contributed by atoms with E-state index in [0.717, 1.165) is 5.56 Å². The fraction of sp³-hybridized carbons (Fsp3) is 0.118. The molecule has 0 bridgehead atoms. The number of carboxylic acids is 1. The number of carbonyl (C=O) groups is 2. The van der Waals surface area contributed by atoms with Gasteiger partial charge in [-0.3, -0.25) is 20.2 Å². The van der Waals surface area contributed by atoms with Crippen LogP contribution in [0.15, 0.2) is 42.5 Å². The SMILES string of the molecule is Cc1ccc(C(=O)O)cc1NC(=S)NC(=O)COc1ccccc1[N+](=O)[O-]. The van der Waals surface area contributed by atoms with E-state index in [-0.39, 0.29) is 22.1 Å². The molecule has 2 aromatic carbocycles. The van der Waals surface area contributed by atoms with E-state index in [1.807, 2.05) is 0 Å². The molecule has 0 unspecified atom stereocenters. The average Bonchev–Trinajstić information content (AvgIpc) is 2.61. The number of benzene rings is 2. The molecule has 0 atom stereocenters. The minimum Gasteiger partial charge on any atom is -0.478 e. The van der Waals surface area contributed by atoms with Gasteiger partial charge in [0.25, 0.3) is 5.91 Å². The smallest absolute Gasteiger partial charge is 0.335 e. The van der Waals surface area contributed by atoms with Crippen molar-refractivity contribution in [1.29, 1.82) is 0 Å². The summed E-state index contributed by atoms with van der Waals surface area (Å²) in [6.07, 6.45) is 0. The van der Waals surface area contributed by atoms with E-state index in [1.165, 1.54) is 30.3 Å². The highest BCUT2D eigenvalue weighted by Gasteiger charge is 2.15. The molecule has 0 heterocycles. The second-order valence-electron chi connectivity index (χ2n) is 5.35. The summed E-state index contributed by atoms with van der Waals surface area (Å²) in [7, 11) is 0. The number of nitrogens with one attached hydrogen (secondary N) is 2. The number of nitro benzene ring substituents is 1. The van der Waals surface area contributed by atoms with Crippen LogP contribution in [-0.4, -0.2) is 33.6 Å². The summed E-state index contributed by atoms with van der Waals surface area (Å²) in [5.41, 5.74) is 0.969. The molecule has 2 rings (SSSR count). The second-order valence-corrected chi connectivity index (χ2v) is 5.76. The summed E-state index contributed by atoms with van der Waals surface area (Å²) < 4.78 is 5.17. The number of aromatic carboxylic acids is 1. The Balaban J connectivity index is 1.95. The Kier molecular flexibility index (Phi) is 6.39. The predicted molar refractivity (Wildman–Crippen MR) is 101 cm³/mol. The molecule has 2 aromatic rings. The van der Waals surface area contributed by atoms with Gasteiger partial charge in [0, 0.05) is 11.8 Å². The molecule has 0 saturated heterocycles. The van der Waals surface area contributed by atoms with Crippen molar-refractivity contribution in [3.05, 3.63) is 63.7 Å². The Hall–Kier alpha value is -3.53. The highest BCUT2D eigenvalue weighted by Crippen LogP contribution is 2.25. The molecule has 140 valence electrons. The number of anilines is 1. The molecule has 9 nitrogen and oxygen atoms in total. The van der Waals surface area contributed by atoms with Gasteiger partial charge < -0.3 is 15.2 Å². The zero-order chi connectivity index (χ0) is 20.0. The van der Waals surface area contributed by atoms with Gasteiger partial charge in [0.1, 0.15) is 0 Å². The van der Waals surface area contributed by atoms with Crippen molar-refractivity contribution in [1.82, 2.24) is 5.32 Å². The topological polar surface area (TPSA) is 131 Å². The molecule has 0 spiro atoms. The summed E-state index contributed by atoms with van der Waals surface area (Å²) in [5.74, 6) is -1.76. The maximum absolute atomic E-state index is 11.9. The summed E-state index contributed by atoms with van der Waals surface area (Å²) in [6.45, 7) is 1.26. The van der Waals surface area contributed by atoms with Crippen LogP contribution in [-0.2, 0) is 4.79 Å². The van der Waals surface area contributed by atoms with Gasteiger partial charge in [-0.15, -0.1) is 0 Å². The highest BCUT2D eigenvalue weighted by molar-refractivity contribution is 7.80. The molecule has 0 aliphatic rings. The van der Waals surface area contributed by atoms with Gasteiger partial charge in [0.05, 0.1) is 10.5 Å². The predicted octanol–water partition coefficient (Wildman–Crippen LogP) is 2.49. The lowest BCUT2D eigenvalue weighted by Gasteiger charge is -2.13. The lowest BCUT2D eigenvalue weighted by molar-refractivity contribution is -0.385. The van der Waals surface area contributed by atoms with Crippen molar-refractivity contribution in [3.63, 3.8) is 0 Å². The molecule has 0 aliphatic heterocycles. The quantitative estimate of drug-likeness (QED) is 0.390. The van der Waals surface area contributed by atoms with Crippen molar-refractivity contribution in [2.45, 2.75) is 6.92 Å². The number of hydrogen-bond donors (Lipinski definition) is 3. The Morgan fingerprint density at radius 1 is 1.26 bits per heavy atom. The molecule has 0 aromatic heterocycles. The number of aryl methyl sites for hydroxylation is 1. The normalized spacial score (nSPS) is 9.96. The van der Waals surface area contributed by atoms with Crippen LogP contribution < -0.4 is 15.4 Å². The number of carboxylic acid groups (broad SMARTS) is 1. The number of thiocarbonyl (C=S) groups is 1. The number of nitro groups is 1. The molecule has 3 N–H and O–H groups in total. The van der Waals surface area contributed by atoms with E-state index < -0.39 is 23.4 Å². The lowest BCUT2D eigenvalue weighted by Crippen LogP contribution is -2.37. The third-order valence-electron chi connectivity index (χ3n) is 3.41. The fourth-order valence-electron chi connectivity index (χ4n) is 2.08. The molecule has 0 saturated carbocycles. The summed E-state index contributed by atoms with van der Waals surface area (Å²) in [5, 5.41) is 25.0. The van der Waals surface area contributed by atoms with Crippen LogP contribution >= 0.6 is 12.2 Å². The number of ether oxygens (including phenoxy) is 1. The van der Waals surface area contributed by atoms with Crippen LogP contribution in [0.5, 0.6) is 5.75 Å². The van der Waals surface area contributed by atoms with Crippen LogP contribution in [0.2, 0.25) is 0 Å². The Labute approximate surface area is 159 Å². The van der Waals surface area contributed by atoms with Crippen LogP contribution in [0.1, 0.15) is 15.9 Å². The monoisotopic (exact) mass is 389 g/mol. The first kappa shape index (κ1) is 19.8. The van der Waals surface area contributed by atoms with E-state index in [2.05, 4.69) is 10.6 Å². The first-order valence-electron chi connectivity index (χ1n) is 7.59. The highest BCUT2D eigenvalue weighted by atomic mass is 32.1. The molecule has 0 aliphatic carbocycles. The first-order valence-corrected chi connectivity index (χ1v) is 7.99. The Morgan fingerprint density at radius 2 is 1.96 bits per heavy atom. The van der Waals surface area contributed by atoms with Crippen LogP contribution in [0.3, 0.4) is 0 Å². The molecule has 0 radical (unpaired) electrons. The maximum atomic E-state index is 11.9. The largest absolute Gasteiger partial charge is 0.478 e. The van der Waals surface area contributed by atoms with Crippen LogP contribution in [0.25, 0.3) is 0 Å². The van der Waals surface area contributed by atoms with E-state index >= 15 is 0 Å². The summed E-state index contributed by atoms with van der Waals surface area (Å²) >= 11 is 5.02. The number of carbonyl (C=O) groups excluding carboxylic acids is 1. The molecule has 10 heteroatoms. The van der Waals surface area contributed by atoms with Gasteiger partial charge in [-0.05, 0) is 42.9 Å². The third kappa shape index (κ3) is 5.47. The maximum Gasteiger partial charge on any atom is 0.335 e. The fourth-order valence-corrected chi connectivity index (χ4v) is 2.30. The lowest BCUT2D eigenvalue weighted by atomic mass is 10.1. The van der Waals surface area contributed by atoms with Crippen LogP contribution in [0.4, 0.5) is 11.4 Å². The number of amides is 1. The molecule has 1 amide bonds. The van der Waals surface area contributed by atoms with Crippen LogP contribution in [0, 0.1) is 17.0 Å². The first-order chi connectivity index (χ1) is 12.8. The van der Waals surface area contributed by atoms with Crippen molar-refractivity contribution < 1.29 is 24.4 Å². The minimum atomic E-state index is -1.09. The number of nitrogens with zero attached hydrogens (tertiary/aromatic N) is 1. The van der Waals surface area contributed by atoms with E-state index in [4.69, 9.17) is 22.1 Å². The Morgan fingerprint density at radius 3 is 2.63 bits per heavy atom. The molecule has 27 heavy (non-hydrogen) atoms. The molecular weight excluding hydrogens is 374 g/mol. The van der Waals surface area contributed by atoms with E-state index in [0.29, 0.717) is 5.69 Å². The number of para-hydroxylation sites is 2. The van der Waals surface area contributed by atoms with Crippen molar-refractivity contribution in [3.8, 4) is 5.75 Å². The van der Waals surface area contributed by atoms with Gasteiger partial charge in [-0.25, -0.2) is 4.79 Å². The average molecular weight is 389 g/mol. The minimum absolute atomic E-state index is 0.0402. The molecule has 0 fully saturated rings. The van der Waals surface area contributed by atoms with Crippen molar-refractivity contribution in [2.24, 2.45) is 0 Å². The standard InChI is InChI=1S/C17H15N3O6S/c1-10-6-7-11(16(22)23)8-12(10)18-17(27)19-15(21)9-26-14-5-3-2-4-13(14)20(24)25/h2-8H,9H2,1H3,(H,22,23)(H2,18,19,21,27). The number of hydrogen-bond acceptors (Lipinski definition) is 6. The van der Waals surface area contributed by atoms with Gasteiger partial charge in [-0.1, -0.05) is 18.2 Å². The number of rotatable bonds is 6. The third-order valence-corrected chi connectivity index (χ3v) is 3.61. The zero-order valence-corrected chi connectivity index (χ0v) is 14.9. The molecular formula is C17H15N3O6S. The Bertz CT molecular complexity index is 915. The van der Waals surface area contributed by atoms with Crippen molar-refractivity contribution >= 4 is 40.6 Å². The van der Waals surface area contributed by atoms with E-state index in [1.54, 1.807) is 19.1 Å². The van der Waals surface area contributed by atoms with Gasteiger partial charge in [-0.2, -0.15) is 0 Å². The summed E-state index contributed by atoms with van der Waals surface area (Å²) in [6, 6.07) is 10.1. The zero-order valence-electron chi connectivity index (χ0n) is 14.1. The summed E-state index contributed by atoms with van der Waals surface area (Å²) in [4.78, 5) is 33.3. The van der Waals surface area contributed by atoms with E-state index in [9.17, 15) is 19.7 Å². The second kappa shape index (κ2) is 8.72. The van der Waals surface area contributed by atoms with Gasteiger partial charge in [0.2, 0.25) is 0 Å². The van der Waals surface area contributed by atoms with Crippen molar-refractivity contribution in [2.75, 3.05) is 11.9 Å². The van der Waals surface area contributed by atoms with Gasteiger partial charge >= 0.3 is 11.7 Å². The van der Waals surface area contributed by atoms with Gasteiger partial charge in [0.15, 0.2) is 17.5 Å².